The maximum absolute atomic E-state index is 12.8. The third-order valence-electron chi connectivity index (χ3n) is 11.3. The molecule has 0 aromatic heterocycles. The number of hydrogen-bond acceptors (Lipinski definition) is 5. The van der Waals surface area contributed by atoms with Gasteiger partial charge in [0, 0.05) is 19.4 Å². The number of carbonyl (C=O) groups is 2. The molecule has 0 amide bonds. The average Bonchev–Trinajstić information content (AvgIpc) is 3.32. The van der Waals surface area contributed by atoms with E-state index in [-0.39, 0.29) is 25.2 Å². The van der Waals surface area contributed by atoms with Crippen LogP contribution in [0.2, 0.25) is 0 Å². The topological polar surface area (TPSA) is 61.8 Å². The Morgan fingerprint density at radius 3 is 1.09 bits per heavy atom. The highest BCUT2D eigenvalue weighted by Gasteiger charge is 2.17. The van der Waals surface area contributed by atoms with Crippen LogP contribution in [0.4, 0.5) is 0 Å². The van der Waals surface area contributed by atoms with Gasteiger partial charge in [-0.05, 0) is 122 Å². The van der Waals surface area contributed by atoms with Gasteiger partial charge in [0.05, 0.1) is 6.61 Å². The van der Waals surface area contributed by atoms with E-state index >= 15 is 0 Å². The summed E-state index contributed by atoms with van der Waals surface area (Å²) in [5.41, 5.74) is 0. The second-order valence-corrected chi connectivity index (χ2v) is 17.7. The summed E-state index contributed by atoms with van der Waals surface area (Å²) in [7, 11) is 0. The molecule has 0 bridgehead atoms. The lowest BCUT2D eigenvalue weighted by Crippen LogP contribution is -2.30. The average molecular weight is 915 g/mol. The van der Waals surface area contributed by atoms with Gasteiger partial charge in [0.1, 0.15) is 6.61 Å². The molecule has 5 nitrogen and oxygen atoms in total. The Labute approximate surface area is 408 Å². The van der Waals surface area contributed by atoms with E-state index in [0.717, 1.165) is 122 Å². The Balaban J connectivity index is 4.36. The van der Waals surface area contributed by atoms with E-state index in [4.69, 9.17) is 14.2 Å². The molecule has 0 aromatic rings. The molecule has 0 N–H and O–H groups in total. The molecular weight excluding hydrogens is 813 g/mol. The lowest BCUT2D eigenvalue weighted by atomic mass is 10.1. The molecule has 0 saturated carbocycles. The molecule has 5 heteroatoms. The zero-order valence-electron chi connectivity index (χ0n) is 43.2. The van der Waals surface area contributed by atoms with Crippen molar-refractivity contribution in [3.8, 4) is 0 Å². The fourth-order valence-electron chi connectivity index (χ4n) is 7.25. The smallest absolute Gasteiger partial charge is 0.306 e. The molecule has 0 radical (unpaired) electrons. The monoisotopic (exact) mass is 915 g/mol. The Kier molecular flexibility index (Phi) is 53.0. The van der Waals surface area contributed by atoms with Gasteiger partial charge in [-0.15, -0.1) is 0 Å². The number of hydrogen-bond donors (Lipinski definition) is 0. The first-order valence-corrected chi connectivity index (χ1v) is 27.4. The predicted molar refractivity (Wildman–Crippen MR) is 288 cm³/mol. The highest BCUT2D eigenvalue weighted by Crippen LogP contribution is 2.13. The van der Waals surface area contributed by atoms with Crippen LogP contribution in [0.1, 0.15) is 239 Å². The van der Waals surface area contributed by atoms with Crippen molar-refractivity contribution in [3.05, 3.63) is 109 Å². The molecule has 0 fully saturated rings. The van der Waals surface area contributed by atoms with Crippen LogP contribution in [0.25, 0.3) is 0 Å². The van der Waals surface area contributed by atoms with Crippen LogP contribution < -0.4 is 0 Å². The molecule has 0 heterocycles. The zero-order chi connectivity index (χ0) is 47.7. The molecule has 0 aliphatic rings. The van der Waals surface area contributed by atoms with Gasteiger partial charge in [0.25, 0.3) is 0 Å². The molecule has 0 rings (SSSR count). The summed E-state index contributed by atoms with van der Waals surface area (Å²) in [4.78, 5) is 25.5. The number of allylic oxidation sites excluding steroid dienone is 18. The highest BCUT2D eigenvalue weighted by atomic mass is 16.6. The summed E-state index contributed by atoms with van der Waals surface area (Å²) in [5.74, 6) is -0.442. The van der Waals surface area contributed by atoms with Gasteiger partial charge in [0.2, 0.25) is 0 Å². The van der Waals surface area contributed by atoms with Crippen molar-refractivity contribution < 1.29 is 23.8 Å². The van der Waals surface area contributed by atoms with Crippen molar-refractivity contribution in [2.45, 2.75) is 245 Å². The molecule has 1 unspecified atom stereocenters. The van der Waals surface area contributed by atoms with E-state index in [1.807, 2.05) is 0 Å². The first kappa shape index (κ1) is 62.6. The van der Waals surface area contributed by atoms with Gasteiger partial charge in [-0.25, -0.2) is 0 Å². The molecule has 66 heavy (non-hydrogen) atoms. The lowest BCUT2D eigenvalue weighted by Gasteiger charge is -2.18. The highest BCUT2D eigenvalue weighted by molar-refractivity contribution is 5.70. The van der Waals surface area contributed by atoms with E-state index in [1.54, 1.807) is 0 Å². The fraction of sp³-hybridized carbons (Fsp3) is 0.672. The standard InChI is InChI=1S/C61H102O5/c1-4-7-10-13-16-19-22-25-28-30-31-32-34-36-39-42-45-48-51-54-60(62)65-58-59(57-64-56-53-50-47-44-41-38-35-29-26-23-20-17-14-11-8-5-2)66-61(63)55-52-49-46-43-40-37-33-27-24-21-18-15-12-9-6-3/h8-9,11-12,16-21,25-29,31-33,59H,4-7,10,13-15,22-24,30,34-58H2,1-3H3/b11-8-,12-9-,19-16-,20-17-,21-18-,28-25-,29-26-,32-31-,33-27-. The van der Waals surface area contributed by atoms with Crippen LogP contribution in [0.5, 0.6) is 0 Å². The van der Waals surface area contributed by atoms with Crippen LogP contribution in [-0.2, 0) is 23.8 Å². The van der Waals surface area contributed by atoms with Crippen LogP contribution in [0, 0.1) is 0 Å². The van der Waals surface area contributed by atoms with Gasteiger partial charge in [-0.1, -0.05) is 214 Å². The van der Waals surface area contributed by atoms with E-state index in [0.29, 0.717) is 19.4 Å². The normalized spacial score (nSPS) is 13.1. The van der Waals surface area contributed by atoms with Gasteiger partial charge < -0.3 is 14.2 Å². The minimum atomic E-state index is -0.565. The largest absolute Gasteiger partial charge is 0.462 e. The van der Waals surface area contributed by atoms with Crippen molar-refractivity contribution in [1.29, 1.82) is 0 Å². The van der Waals surface area contributed by atoms with Gasteiger partial charge in [0.15, 0.2) is 6.10 Å². The quantitative estimate of drug-likeness (QED) is 0.0346. The number of unbranched alkanes of at least 4 members (excludes halogenated alkanes) is 20. The Morgan fingerprint density at radius 2 is 0.682 bits per heavy atom. The molecular formula is C61H102O5. The van der Waals surface area contributed by atoms with Crippen LogP contribution in [-0.4, -0.2) is 37.9 Å². The van der Waals surface area contributed by atoms with Crippen LogP contribution in [0.15, 0.2) is 109 Å². The first-order valence-electron chi connectivity index (χ1n) is 27.4. The van der Waals surface area contributed by atoms with Crippen molar-refractivity contribution >= 4 is 11.9 Å². The van der Waals surface area contributed by atoms with Crippen molar-refractivity contribution in [2.75, 3.05) is 19.8 Å². The van der Waals surface area contributed by atoms with Gasteiger partial charge >= 0.3 is 11.9 Å². The SMILES string of the molecule is CC/C=C\C/C=C\C/C=C\CCCCCCCCOCC(COC(=O)CCCCCCCC/C=C\C/C=C\C/C=C\CCCCC)OC(=O)CCCCCCC/C=C\C/C=C\C/C=C\CC. The molecule has 0 spiro atoms. The second-order valence-electron chi connectivity index (χ2n) is 17.7. The van der Waals surface area contributed by atoms with Crippen LogP contribution in [0.3, 0.4) is 0 Å². The molecule has 376 valence electrons. The molecule has 0 aliphatic heterocycles. The Hall–Kier alpha value is -3.44. The molecule has 0 saturated heterocycles. The van der Waals surface area contributed by atoms with Gasteiger partial charge in [-0.2, -0.15) is 0 Å². The number of ether oxygens (including phenoxy) is 3. The summed E-state index contributed by atoms with van der Waals surface area (Å²) >= 11 is 0. The number of rotatable bonds is 49. The van der Waals surface area contributed by atoms with E-state index in [1.165, 1.54) is 83.5 Å². The lowest BCUT2D eigenvalue weighted by molar-refractivity contribution is -0.163. The summed E-state index contributed by atoms with van der Waals surface area (Å²) in [6.45, 7) is 7.52. The summed E-state index contributed by atoms with van der Waals surface area (Å²) in [5, 5.41) is 0. The van der Waals surface area contributed by atoms with Crippen molar-refractivity contribution in [3.63, 3.8) is 0 Å². The van der Waals surface area contributed by atoms with Gasteiger partial charge in [-0.3, -0.25) is 9.59 Å². The van der Waals surface area contributed by atoms with E-state index in [2.05, 4.69) is 130 Å². The summed E-state index contributed by atoms with van der Waals surface area (Å²) in [6.07, 6.45) is 76.7. The summed E-state index contributed by atoms with van der Waals surface area (Å²) in [6, 6.07) is 0. The van der Waals surface area contributed by atoms with E-state index < -0.39 is 6.10 Å². The number of esters is 2. The van der Waals surface area contributed by atoms with Crippen LogP contribution >= 0.6 is 0 Å². The van der Waals surface area contributed by atoms with Crippen molar-refractivity contribution in [1.82, 2.24) is 0 Å². The maximum Gasteiger partial charge on any atom is 0.306 e. The second kappa shape index (κ2) is 55.9. The fourth-order valence-corrected chi connectivity index (χ4v) is 7.25. The minimum Gasteiger partial charge on any atom is -0.462 e. The molecule has 0 aliphatic carbocycles. The predicted octanol–water partition coefficient (Wildman–Crippen LogP) is 18.8. The first-order chi connectivity index (χ1) is 32.6. The number of carbonyl (C=O) groups excluding carboxylic acids is 2. The maximum atomic E-state index is 12.8. The zero-order valence-corrected chi connectivity index (χ0v) is 43.2. The third-order valence-corrected chi connectivity index (χ3v) is 11.3. The molecule has 1 atom stereocenters. The third kappa shape index (κ3) is 53.2. The summed E-state index contributed by atoms with van der Waals surface area (Å²) < 4.78 is 17.4. The minimum absolute atomic E-state index is 0.0598. The Morgan fingerprint density at radius 1 is 0.348 bits per heavy atom. The van der Waals surface area contributed by atoms with E-state index in [9.17, 15) is 9.59 Å². The Bertz CT molecular complexity index is 1310. The van der Waals surface area contributed by atoms with Crippen molar-refractivity contribution in [2.24, 2.45) is 0 Å². The molecule has 0 aromatic carbocycles.